The zero-order valence-electron chi connectivity index (χ0n) is 21.7. The van der Waals surface area contributed by atoms with E-state index in [4.69, 9.17) is 16.3 Å². The summed E-state index contributed by atoms with van der Waals surface area (Å²) in [6.45, 7) is 5.06. The van der Waals surface area contributed by atoms with Crippen LogP contribution in [0.1, 0.15) is 22.3 Å². The number of nitrogens with zero attached hydrogens (tertiary/aromatic N) is 2. The Morgan fingerprint density at radius 1 is 1.00 bits per heavy atom. The van der Waals surface area contributed by atoms with Gasteiger partial charge in [0.25, 0.3) is 10.0 Å². The van der Waals surface area contributed by atoms with E-state index in [1.165, 1.54) is 12.1 Å². The molecule has 12 heteroatoms. The van der Waals surface area contributed by atoms with Crippen LogP contribution in [-0.4, -0.2) is 52.1 Å². The van der Waals surface area contributed by atoms with Crippen molar-refractivity contribution >= 4 is 33.2 Å². The second kappa shape index (κ2) is 12.6. The Morgan fingerprint density at radius 2 is 1.62 bits per heavy atom. The van der Waals surface area contributed by atoms with E-state index >= 15 is 0 Å². The predicted molar refractivity (Wildman–Crippen MR) is 147 cm³/mol. The van der Waals surface area contributed by atoms with Gasteiger partial charge in [0.2, 0.25) is 5.91 Å². The van der Waals surface area contributed by atoms with E-state index in [9.17, 15) is 26.4 Å². The molecule has 0 bridgehead atoms. The number of amides is 1. The van der Waals surface area contributed by atoms with Gasteiger partial charge in [0.1, 0.15) is 6.54 Å². The Bertz CT molecular complexity index is 1430. The topological polar surface area (TPSA) is 79.0 Å². The highest BCUT2D eigenvalue weighted by Gasteiger charge is 2.35. The Hall–Kier alpha value is -3.12. The van der Waals surface area contributed by atoms with Crippen LogP contribution >= 0.6 is 11.6 Å². The largest absolute Gasteiger partial charge is 0.417 e. The van der Waals surface area contributed by atoms with E-state index in [0.29, 0.717) is 23.6 Å². The fraction of sp³-hybridized carbons (Fsp3) is 0.321. The molecular weight excluding hydrogens is 567 g/mol. The van der Waals surface area contributed by atoms with Crippen LogP contribution in [0.25, 0.3) is 0 Å². The van der Waals surface area contributed by atoms with Gasteiger partial charge in [-0.05, 0) is 48.4 Å². The summed E-state index contributed by atoms with van der Waals surface area (Å²) in [5.74, 6) is -0.684. The molecule has 1 N–H and O–H groups in total. The van der Waals surface area contributed by atoms with E-state index in [1.54, 1.807) is 19.1 Å². The first-order valence-corrected chi connectivity index (χ1v) is 14.4. The molecule has 3 aromatic rings. The Balaban J connectivity index is 1.51. The van der Waals surface area contributed by atoms with Gasteiger partial charge in [-0.2, -0.15) is 13.2 Å². The molecule has 3 aromatic carbocycles. The number of rotatable bonds is 9. The van der Waals surface area contributed by atoms with Gasteiger partial charge < -0.3 is 10.1 Å². The van der Waals surface area contributed by atoms with E-state index in [0.717, 1.165) is 48.5 Å². The first kappa shape index (κ1) is 29.9. The maximum Gasteiger partial charge on any atom is 0.417 e. The molecule has 1 aliphatic rings. The van der Waals surface area contributed by atoms with Crippen LogP contribution in [-0.2, 0) is 38.8 Å². The van der Waals surface area contributed by atoms with Crippen LogP contribution < -0.4 is 9.62 Å². The predicted octanol–water partition coefficient (Wildman–Crippen LogP) is 5.01. The van der Waals surface area contributed by atoms with Gasteiger partial charge in [0, 0.05) is 26.2 Å². The Labute approximate surface area is 236 Å². The van der Waals surface area contributed by atoms with Gasteiger partial charge in [-0.1, -0.05) is 53.6 Å². The summed E-state index contributed by atoms with van der Waals surface area (Å²) in [6, 6.07) is 16.2. The molecule has 0 atom stereocenters. The normalized spacial score (nSPS) is 14.6. The number of anilines is 1. The van der Waals surface area contributed by atoms with E-state index in [1.807, 2.05) is 24.3 Å². The first-order valence-electron chi connectivity index (χ1n) is 12.5. The molecule has 0 aromatic heterocycles. The first-order chi connectivity index (χ1) is 18.9. The quantitative estimate of drug-likeness (QED) is 0.376. The standard InChI is InChI=1S/C28H29ClF3N3O4S/c1-20-2-9-24(10-3-20)40(37,38)35(23-8-11-26(29)25(16-23)28(30,31)32)19-27(36)33-17-21-4-6-22(7-5-21)18-34-12-14-39-15-13-34/h2-11,16H,12-15,17-19H2,1H3,(H,33,36). The smallest absolute Gasteiger partial charge is 0.379 e. The van der Waals surface area contributed by atoms with E-state index < -0.39 is 39.2 Å². The number of aryl methyl sites for hydroxylation is 1. The fourth-order valence-corrected chi connectivity index (χ4v) is 5.84. The van der Waals surface area contributed by atoms with Crippen molar-refractivity contribution in [2.45, 2.75) is 31.1 Å². The molecule has 1 amide bonds. The average Bonchev–Trinajstić information content (AvgIpc) is 2.92. The van der Waals surface area contributed by atoms with Crippen molar-refractivity contribution in [2.75, 3.05) is 37.2 Å². The maximum atomic E-state index is 13.5. The number of benzene rings is 3. The molecular formula is C28H29ClF3N3O4S. The number of ether oxygens (including phenoxy) is 1. The SMILES string of the molecule is Cc1ccc(S(=O)(=O)N(CC(=O)NCc2ccc(CN3CCOCC3)cc2)c2ccc(Cl)c(C(F)(F)F)c2)cc1. The molecule has 1 aliphatic heterocycles. The van der Waals surface area contributed by atoms with E-state index in [-0.39, 0.29) is 17.1 Å². The summed E-state index contributed by atoms with van der Waals surface area (Å²) in [6.07, 6.45) is -4.82. The maximum absolute atomic E-state index is 13.5. The second-order valence-corrected chi connectivity index (χ2v) is 11.7. The third-order valence-electron chi connectivity index (χ3n) is 6.46. The number of carbonyl (C=O) groups excluding carboxylic acids is 1. The summed E-state index contributed by atoms with van der Waals surface area (Å²) in [7, 11) is -4.40. The summed E-state index contributed by atoms with van der Waals surface area (Å²) in [5.41, 5.74) is 1.16. The van der Waals surface area contributed by atoms with Crippen molar-refractivity contribution in [3.63, 3.8) is 0 Å². The third kappa shape index (κ3) is 7.54. The lowest BCUT2D eigenvalue weighted by Crippen LogP contribution is -2.40. The Morgan fingerprint density at radius 3 is 2.25 bits per heavy atom. The number of alkyl halides is 3. The Kier molecular flexibility index (Phi) is 9.40. The minimum absolute atomic E-state index is 0.115. The van der Waals surface area contributed by atoms with Crippen LogP contribution in [0, 0.1) is 6.92 Å². The summed E-state index contributed by atoms with van der Waals surface area (Å²) >= 11 is 5.75. The van der Waals surface area contributed by atoms with Crippen molar-refractivity contribution in [3.8, 4) is 0 Å². The summed E-state index contributed by atoms with van der Waals surface area (Å²) in [4.78, 5) is 15.0. The van der Waals surface area contributed by atoms with Gasteiger partial charge in [-0.25, -0.2) is 8.42 Å². The minimum Gasteiger partial charge on any atom is -0.379 e. The van der Waals surface area contributed by atoms with Gasteiger partial charge >= 0.3 is 6.18 Å². The molecule has 214 valence electrons. The van der Waals surface area contributed by atoms with Crippen molar-refractivity contribution in [3.05, 3.63) is 94.0 Å². The fourth-order valence-electron chi connectivity index (χ4n) is 4.21. The molecule has 40 heavy (non-hydrogen) atoms. The van der Waals surface area contributed by atoms with Crippen LogP contribution in [0.5, 0.6) is 0 Å². The monoisotopic (exact) mass is 595 g/mol. The summed E-state index contributed by atoms with van der Waals surface area (Å²) < 4.78 is 73.7. The lowest BCUT2D eigenvalue weighted by atomic mass is 10.1. The molecule has 0 saturated carbocycles. The average molecular weight is 596 g/mol. The number of sulfonamides is 1. The van der Waals surface area contributed by atoms with Crippen molar-refractivity contribution in [2.24, 2.45) is 0 Å². The number of halogens is 4. The lowest BCUT2D eigenvalue weighted by Gasteiger charge is -2.26. The van der Waals surface area contributed by atoms with Gasteiger partial charge in [0.15, 0.2) is 0 Å². The molecule has 0 radical (unpaired) electrons. The molecule has 0 aliphatic carbocycles. The molecule has 1 saturated heterocycles. The number of carbonyl (C=O) groups is 1. The van der Waals surface area contributed by atoms with Crippen molar-refractivity contribution in [1.82, 2.24) is 10.2 Å². The van der Waals surface area contributed by atoms with Gasteiger partial charge in [-0.15, -0.1) is 0 Å². The van der Waals surface area contributed by atoms with E-state index in [2.05, 4.69) is 10.2 Å². The molecule has 0 spiro atoms. The summed E-state index contributed by atoms with van der Waals surface area (Å²) in [5, 5.41) is 2.09. The zero-order chi connectivity index (χ0) is 28.9. The zero-order valence-corrected chi connectivity index (χ0v) is 23.3. The van der Waals surface area contributed by atoms with Crippen LogP contribution in [0.3, 0.4) is 0 Å². The number of morpholine rings is 1. The van der Waals surface area contributed by atoms with Gasteiger partial charge in [0.05, 0.1) is 34.4 Å². The molecule has 4 rings (SSSR count). The molecule has 0 unspecified atom stereocenters. The highest BCUT2D eigenvalue weighted by molar-refractivity contribution is 7.92. The van der Waals surface area contributed by atoms with Crippen LogP contribution in [0.4, 0.5) is 18.9 Å². The minimum atomic E-state index is -4.82. The van der Waals surface area contributed by atoms with Crippen molar-refractivity contribution < 1.29 is 31.1 Å². The highest BCUT2D eigenvalue weighted by atomic mass is 35.5. The van der Waals surface area contributed by atoms with Crippen molar-refractivity contribution in [1.29, 1.82) is 0 Å². The second-order valence-electron chi connectivity index (χ2n) is 9.47. The molecule has 7 nitrogen and oxygen atoms in total. The highest BCUT2D eigenvalue weighted by Crippen LogP contribution is 2.38. The molecule has 1 fully saturated rings. The number of hydrogen-bond donors (Lipinski definition) is 1. The van der Waals surface area contributed by atoms with Crippen LogP contribution in [0.15, 0.2) is 71.6 Å². The number of hydrogen-bond acceptors (Lipinski definition) is 5. The van der Waals surface area contributed by atoms with Gasteiger partial charge in [-0.3, -0.25) is 14.0 Å². The lowest BCUT2D eigenvalue weighted by molar-refractivity contribution is -0.137. The number of nitrogens with one attached hydrogen (secondary N) is 1. The van der Waals surface area contributed by atoms with Crippen LogP contribution in [0.2, 0.25) is 5.02 Å². The molecule has 1 heterocycles. The third-order valence-corrected chi connectivity index (χ3v) is 8.58.